The van der Waals surface area contributed by atoms with Crippen LogP contribution in [0.3, 0.4) is 0 Å². The molecule has 1 aromatic rings. The summed E-state index contributed by atoms with van der Waals surface area (Å²) in [4.78, 5) is 0. The Kier molecular flexibility index (Phi) is 3.22. The summed E-state index contributed by atoms with van der Waals surface area (Å²) in [6, 6.07) is 2.14. The van der Waals surface area contributed by atoms with Gasteiger partial charge in [-0.05, 0) is 37.4 Å². The molecule has 0 amide bonds. The number of hydrogen-bond donors (Lipinski definition) is 1. The first-order valence-corrected chi connectivity index (χ1v) is 5.35. The maximum Gasteiger partial charge on any atom is 0.0754 e. The fraction of sp³-hybridized carbons (Fsp3) is 0.636. The van der Waals surface area contributed by atoms with Gasteiger partial charge in [-0.25, -0.2) is 0 Å². The van der Waals surface area contributed by atoms with Gasteiger partial charge in [-0.15, -0.1) is 0 Å². The van der Waals surface area contributed by atoms with Crippen molar-refractivity contribution >= 4 is 0 Å². The normalized spacial score (nSPS) is 21.6. The van der Waals surface area contributed by atoms with Gasteiger partial charge in [-0.1, -0.05) is 0 Å². The number of nitrogens with two attached hydrogens (primary N) is 1. The molecule has 1 saturated heterocycles. The first-order valence-electron chi connectivity index (χ1n) is 5.35. The SMILES string of the molecule is NCCc1ccn(CC2CCCO2)c1. The first kappa shape index (κ1) is 9.74. The number of nitrogens with zero attached hydrogens (tertiary/aromatic N) is 1. The molecule has 14 heavy (non-hydrogen) atoms. The van der Waals surface area contributed by atoms with Crippen LogP contribution in [0, 0.1) is 0 Å². The van der Waals surface area contributed by atoms with Crippen LogP contribution < -0.4 is 5.73 Å². The molecule has 0 radical (unpaired) electrons. The minimum absolute atomic E-state index is 0.424. The second-order valence-electron chi connectivity index (χ2n) is 3.89. The van der Waals surface area contributed by atoms with Crippen molar-refractivity contribution in [1.82, 2.24) is 4.57 Å². The van der Waals surface area contributed by atoms with E-state index in [9.17, 15) is 0 Å². The molecule has 78 valence electrons. The highest BCUT2D eigenvalue weighted by atomic mass is 16.5. The van der Waals surface area contributed by atoms with Gasteiger partial charge in [0.05, 0.1) is 6.10 Å². The Morgan fingerprint density at radius 1 is 1.57 bits per heavy atom. The smallest absolute Gasteiger partial charge is 0.0754 e. The largest absolute Gasteiger partial charge is 0.376 e. The van der Waals surface area contributed by atoms with Crippen molar-refractivity contribution in [2.24, 2.45) is 5.73 Å². The zero-order valence-electron chi connectivity index (χ0n) is 8.48. The van der Waals surface area contributed by atoms with Gasteiger partial charge in [0.15, 0.2) is 0 Å². The molecule has 0 bridgehead atoms. The average Bonchev–Trinajstić information content (AvgIpc) is 2.79. The summed E-state index contributed by atoms with van der Waals surface area (Å²) in [6.07, 6.45) is 8.10. The molecule has 0 saturated carbocycles. The van der Waals surface area contributed by atoms with E-state index in [2.05, 4.69) is 23.0 Å². The molecule has 1 aliphatic heterocycles. The van der Waals surface area contributed by atoms with Gasteiger partial charge in [0, 0.05) is 25.5 Å². The van der Waals surface area contributed by atoms with Crippen molar-refractivity contribution in [3.8, 4) is 0 Å². The van der Waals surface area contributed by atoms with Gasteiger partial charge in [-0.3, -0.25) is 0 Å². The molecule has 2 heterocycles. The minimum atomic E-state index is 0.424. The lowest BCUT2D eigenvalue weighted by Crippen LogP contribution is -2.13. The molecule has 1 unspecified atom stereocenters. The molecule has 3 heteroatoms. The Bertz CT molecular complexity index is 277. The Morgan fingerprint density at radius 3 is 3.21 bits per heavy atom. The fourth-order valence-electron chi connectivity index (χ4n) is 1.94. The van der Waals surface area contributed by atoms with E-state index < -0.39 is 0 Å². The number of aromatic nitrogens is 1. The Labute approximate surface area is 84.9 Å². The maximum absolute atomic E-state index is 5.58. The highest BCUT2D eigenvalue weighted by Gasteiger charge is 2.15. The molecule has 2 rings (SSSR count). The predicted octanol–water partition coefficient (Wildman–Crippen LogP) is 1.17. The van der Waals surface area contributed by atoms with Crippen LogP contribution in [0.25, 0.3) is 0 Å². The van der Waals surface area contributed by atoms with Crippen LogP contribution in [0.1, 0.15) is 18.4 Å². The summed E-state index contributed by atoms with van der Waals surface area (Å²) >= 11 is 0. The molecular weight excluding hydrogens is 176 g/mol. The van der Waals surface area contributed by atoms with Crippen LogP contribution in [0.4, 0.5) is 0 Å². The van der Waals surface area contributed by atoms with Crippen molar-refractivity contribution in [3.05, 3.63) is 24.0 Å². The molecule has 0 aliphatic carbocycles. The highest BCUT2D eigenvalue weighted by molar-refractivity contribution is 5.10. The lowest BCUT2D eigenvalue weighted by atomic mass is 10.2. The third kappa shape index (κ3) is 2.36. The van der Waals surface area contributed by atoms with E-state index in [4.69, 9.17) is 10.5 Å². The summed E-state index contributed by atoms with van der Waals surface area (Å²) < 4.78 is 7.79. The predicted molar refractivity (Wildman–Crippen MR) is 56.2 cm³/mol. The van der Waals surface area contributed by atoms with E-state index in [1.807, 2.05) is 0 Å². The number of ether oxygens (including phenoxy) is 1. The van der Waals surface area contributed by atoms with Gasteiger partial charge < -0.3 is 15.0 Å². The Morgan fingerprint density at radius 2 is 2.50 bits per heavy atom. The standard InChI is InChI=1S/C11H18N2O/c12-5-3-10-4-6-13(8-10)9-11-2-1-7-14-11/h4,6,8,11H,1-3,5,7,9,12H2. The molecule has 0 aromatic carbocycles. The van der Waals surface area contributed by atoms with E-state index in [1.54, 1.807) is 0 Å². The van der Waals surface area contributed by atoms with Crippen LogP contribution in [0.15, 0.2) is 18.5 Å². The number of hydrogen-bond acceptors (Lipinski definition) is 2. The van der Waals surface area contributed by atoms with Crippen molar-refractivity contribution < 1.29 is 4.74 Å². The molecule has 1 aromatic heterocycles. The molecule has 1 aliphatic rings. The third-order valence-electron chi connectivity index (χ3n) is 2.68. The van der Waals surface area contributed by atoms with E-state index in [1.165, 1.54) is 18.4 Å². The van der Waals surface area contributed by atoms with Gasteiger partial charge in [0.2, 0.25) is 0 Å². The van der Waals surface area contributed by atoms with Gasteiger partial charge >= 0.3 is 0 Å². The van der Waals surface area contributed by atoms with Gasteiger partial charge in [0.25, 0.3) is 0 Å². The second-order valence-corrected chi connectivity index (χ2v) is 3.89. The van der Waals surface area contributed by atoms with E-state index in [0.717, 1.165) is 26.1 Å². The lowest BCUT2D eigenvalue weighted by Gasteiger charge is -2.09. The Hall–Kier alpha value is -0.800. The summed E-state index contributed by atoms with van der Waals surface area (Å²) in [5, 5.41) is 0. The molecule has 3 nitrogen and oxygen atoms in total. The fourth-order valence-corrected chi connectivity index (χ4v) is 1.94. The molecule has 1 atom stereocenters. The molecule has 0 spiro atoms. The minimum Gasteiger partial charge on any atom is -0.376 e. The van der Waals surface area contributed by atoms with Crippen molar-refractivity contribution in [2.45, 2.75) is 31.9 Å². The van der Waals surface area contributed by atoms with E-state index >= 15 is 0 Å². The van der Waals surface area contributed by atoms with Crippen molar-refractivity contribution in [2.75, 3.05) is 13.2 Å². The lowest BCUT2D eigenvalue weighted by molar-refractivity contribution is 0.0971. The monoisotopic (exact) mass is 194 g/mol. The summed E-state index contributed by atoms with van der Waals surface area (Å²) in [6.45, 7) is 2.65. The summed E-state index contributed by atoms with van der Waals surface area (Å²) in [5.41, 5.74) is 6.82. The topological polar surface area (TPSA) is 40.2 Å². The average molecular weight is 194 g/mol. The summed E-state index contributed by atoms with van der Waals surface area (Å²) in [5.74, 6) is 0. The quantitative estimate of drug-likeness (QED) is 0.781. The van der Waals surface area contributed by atoms with Crippen molar-refractivity contribution in [3.63, 3.8) is 0 Å². The van der Waals surface area contributed by atoms with Crippen LogP contribution in [-0.4, -0.2) is 23.8 Å². The van der Waals surface area contributed by atoms with E-state index in [-0.39, 0.29) is 0 Å². The van der Waals surface area contributed by atoms with Gasteiger partial charge in [0.1, 0.15) is 0 Å². The third-order valence-corrected chi connectivity index (χ3v) is 2.68. The van der Waals surface area contributed by atoms with Crippen molar-refractivity contribution in [1.29, 1.82) is 0 Å². The van der Waals surface area contributed by atoms with E-state index in [0.29, 0.717) is 6.10 Å². The van der Waals surface area contributed by atoms with Crippen LogP contribution in [-0.2, 0) is 17.7 Å². The molecule has 1 fully saturated rings. The maximum atomic E-state index is 5.58. The molecular formula is C11H18N2O. The highest BCUT2D eigenvalue weighted by Crippen LogP contribution is 2.14. The number of rotatable bonds is 4. The van der Waals surface area contributed by atoms with Crippen LogP contribution in [0.5, 0.6) is 0 Å². The van der Waals surface area contributed by atoms with Crippen LogP contribution >= 0.6 is 0 Å². The second kappa shape index (κ2) is 4.62. The zero-order chi connectivity index (χ0) is 9.80. The first-order chi connectivity index (χ1) is 6.88. The molecule has 2 N–H and O–H groups in total. The van der Waals surface area contributed by atoms with Crippen LogP contribution in [0.2, 0.25) is 0 Å². The zero-order valence-corrected chi connectivity index (χ0v) is 8.48. The Balaban J connectivity index is 1.88. The summed E-state index contributed by atoms with van der Waals surface area (Å²) in [7, 11) is 0. The van der Waals surface area contributed by atoms with Gasteiger partial charge in [-0.2, -0.15) is 0 Å².